The number of Topliss-reactive ketones (excluding diaryl/α,β-unsaturated/α-hetero) is 1. The van der Waals surface area contributed by atoms with Gasteiger partial charge < -0.3 is 9.84 Å². The fourth-order valence-corrected chi connectivity index (χ4v) is 1.83. The van der Waals surface area contributed by atoms with Crippen LogP contribution in [0.5, 0.6) is 0 Å². The van der Waals surface area contributed by atoms with E-state index in [-0.39, 0.29) is 11.2 Å². The zero-order chi connectivity index (χ0) is 17.7. The number of aromatic nitrogens is 1. The topological polar surface area (TPSA) is 96.9 Å². The minimum absolute atomic E-state index is 0.217. The first-order valence-electron chi connectivity index (χ1n) is 7.52. The highest BCUT2D eigenvalue weighted by Gasteiger charge is 2.24. The average Bonchev–Trinajstić information content (AvgIpc) is 2.97. The van der Waals surface area contributed by atoms with Crippen molar-refractivity contribution < 1.29 is 14.1 Å². The van der Waals surface area contributed by atoms with Crippen molar-refractivity contribution >= 4 is 23.2 Å². The average molecular weight is 328 g/mol. The number of carbonyl (C=O) groups is 2. The van der Waals surface area contributed by atoms with Gasteiger partial charge in [0, 0.05) is 17.2 Å². The van der Waals surface area contributed by atoms with Crippen molar-refractivity contribution in [3.05, 3.63) is 42.2 Å². The summed E-state index contributed by atoms with van der Waals surface area (Å²) in [5.74, 6) is -0.0908. The van der Waals surface area contributed by atoms with Crippen LogP contribution < -0.4 is 5.32 Å². The van der Waals surface area contributed by atoms with E-state index in [2.05, 4.69) is 20.7 Å². The molecule has 126 valence electrons. The quantitative estimate of drug-likeness (QED) is 0.669. The van der Waals surface area contributed by atoms with Gasteiger partial charge in [-0.3, -0.25) is 9.59 Å². The first-order chi connectivity index (χ1) is 11.3. The molecule has 2 rings (SSSR count). The largest absolute Gasteiger partial charge is 0.359 e. The molecule has 0 aliphatic carbocycles. The van der Waals surface area contributed by atoms with Gasteiger partial charge in [-0.15, -0.1) is 5.11 Å². The van der Waals surface area contributed by atoms with Crippen LogP contribution in [0.1, 0.15) is 33.5 Å². The first kappa shape index (κ1) is 17.5. The van der Waals surface area contributed by atoms with Gasteiger partial charge in [-0.25, -0.2) is 0 Å². The third-order valence-corrected chi connectivity index (χ3v) is 3.19. The summed E-state index contributed by atoms with van der Waals surface area (Å²) in [7, 11) is 0. The van der Waals surface area contributed by atoms with E-state index in [0.717, 1.165) is 0 Å². The Balaban J connectivity index is 2.12. The molecule has 0 fully saturated rings. The molecule has 2 aromatic rings. The number of nitrogens with one attached hydrogen (secondary N) is 1. The molecule has 0 saturated carbocycles. The van der Waals surface area contributed by atoms with Crippen molar-refractivity contribution in [1.29, 1.82) is 0 Å². The van der Waals surface area contributed by atoms with Crippen molar-refractivity contribution in [1.82, 2.24) is 5.16 Å². The molecular weight excluding hydrogens is 308 g/mol. The molecule has 0 saturated heterocycles. The number of hydrogen-bond donors (Lipinski definition) is 1. The number of carbonyl (C=O) groups excluding carboxylic acids is 2. The molecule has 1 atom stereocenters. The molecule has 7 nitrogen and oxygen atoms in total. The maximum Gasteiger partial charge on any atom is 0.258 e. The Morgan fingerprint density at radius 2 is 1.88 bits per heavy atom. The number of amides is 1. The van der Waals surface area contributed by atoms with E-state index in [9.17, 15) is 9.59 Å². The zero-order valence-corrected chi connectivity index (χ0v) is 14.1. The van der Waals surface area contributed by atoms with E-state index >= 15 is 0 Å². The SMILES string of the molecule is CC(=O)C(N=Nc1cc(C(C)(C)C)on1)C(=O)Nc1ccccc1. The lowest BCUT2D eigenvalue weighted by Crippen LogP contribution is -2.31. The molecule has 1 heterocycles. The molecule has 0 radical (unpaired) electrons. The number of azo groups is 1. The molecular formula is C17H20N4O3. The maximum absolute atomic E-state index is 12.2. The van der Waals surface area contributed by atoms with Gasteiger partial charge in [0.1, 0.15) is 5.76 Å². The molecule has 1 amide bonds. The van der Waals surface area contributed by atoms with Crippen LogP contribution in [0, 0.1) is 0 Å². The minimum atomic E-state index is -1.24. The van der Waals surface area contributed by atoms with Crippen LogP contribution in [0.2, 0.25) is 0 Å². The second kappa shape index (κ2) is 7.16. The Morgan fingerprint density at radius 3 is 2.42 bits per heavy atom. The highest BCUT2D eigenvalue weighted by molar-refractivity contribution is 6.10. The van der Waals surface area contributed by atoms with E-state index in [1.807, 2.05) is 26.8 Å². The highest BCUT2D eigenvalue weighted by atomic mass is 16.5. The number of ketones is 1. The lowest BCUT2D eigenvalue weighted by atomic mass is 9.93. The Bertz CT molecular complexity index is 745. The molecule has 0 spiro atoms. The molecule has 1 N–H and O–H groups in total. The third kappa shape index (κ3) is 4.58. The third-order valence-electron chi connectivity index (χ3n) is 3.19. The van der Waals surface area contributed by atoms with Crippen molar-refractivity contribution in [2.75, 3.05) is 5.32 Å². The molecule has 1 aromatic heterocycles. The highest BCUT2D eigenvalue weighted by Crippen LogP contribution is 2.25. The van der Waals surface area contributed by atoms with Crippen molar-refractivity contribution in [3.8, 4) is 0 Å². The first-order valence-corrected chi connectivity index (χ1v) is 7.52. The molecule has 0 bridgehead atoms. The Morgan fingerprint density at radius 1 is 1.21 bits per heavy atom. The minimum Gasteiger partial charge on any atom is -0.359 e. The van der Waals surface area contributed by atoms with Gasteiger partial charge in [0.05, 0.1) is 0 Å². The van der Waals surface area contributed by atoms with E-state index in [1.54, 1.807) is 30.3 Å². The summed E-state index contributed by atoms with van der Waals surface area (Å²) in [5, 5.41) is 14.1. The van der Waals surface area contributed by atoms with Crippen molar-refractivity contribution in [2.24, 2.45) is 10.2 Å². The van der Waals surface area contributed by atoms with Gasteiger partial charge in [-0.05, 0) is 19.1 Å². The summed E-state index contributed by atoms with van der Waals surface area (Å²) in [6.07, 6.45) is 0. The van der Waals surface area contributed by atoms with E-state index < -0.39 is 17.7 Å². The molecule has 0 aliphatic heterocycles. The predicted octanol–water partition coefficient (Wildman–Crippen LogP) is 3.65. The number of benzene rings is 1. The van der Waals surface area contributed by atoms with Gasteiger partial charge in [-0.2, -0.15) is 5.11 Å². The van der Waals surface area contributed by atoms with Crippen LogP contribution >= 0.6 is 0 Å². The smallest absolute Gasteiger partial charge is 0.258 e. The number of para-hydroxylation sites is 1. The molecule has 7 heteroatoms. The molecule has 0 aliphatic rings. The Labute approximate surface area is 140 Å². The fourth-order valence-electron chi connectivity index (χ4n) is 1.83. The fraction of sp³-hybridized carbons (Fsp3) is 0.353. The number of anilines is 1. The second-order valence-corrected chi connectivity index (χ2v) is 6.38. The summed E-state index contributed by atoms with van der Waals surface area (Å²) in [6.45, 7) is 7.21. The monoisotopic (exact) mass is 328 g/mol. The van der Waals surface area contributed by atoms with Crippen LogP contribution in [0.3, 0.4) is 0 Å². The van der Waals surface area contributed by atoms with E-state index in [4.69, 9.17) is 4.52 Å². The van der Waals surface area contributed by atoms with Crippen molar-refractivity contribution in [3.63, 3.8) is 0 Å². The van der Waals surface area contributed by atoms with Gasteiger partial charge in [0.25, 0.3) is 5.91 Å². The molecule has 1 aromatic carbocycles. The summed E-state index contributed by atoms with van der Waals surface area (Å²) >= 11 is 0. The maximum atomic E-state index is 12.2. The lowest BCUT2D eigenvalue weighted by molar-refractivity contribution is -0.126. The Kier molecular flexibility index (Phi) is 5.23. The molecule has 1 unspecified atom stereocenters. The van der Waals surface area contributed by atoms with E-state index in [1.165, 1.54) is 6.92 Å². The summed E-state index contributed by atoms with van der Waals surface area (Å²) in [5.41, 5.74) is 0.367. The normalized spacial score (nSPS) is 13.0. The number of rotatable bonds is 5. The van der Waals surface area contributed by atoms with Crippen molar-refractivity contribution in [2.45, 2.75) is 39.2 Å². The van der Waals surface area contributed by atoms with E-state index in [0.29, 0.717) is 11.4 Å². The van der Waals surface area contributed by atoms with Gasteiger partial charge >= 0.3 is 0 Å². The number of hydrogen-bond acceptors (Lipinski definition) is 6. The predicted molar refractivity (Wildman–Crippen MR) is 89.3 cm³/mol. The van der Waals surface area contributed by atoms with Gasteiger partial charge in [0.2, 0.25) is 11.9 Å². The molecule has 24 heavy (non-hydrogen) atoms. The lowest BCUT2D eigenvalue weighted by Gasteiger charge is -2.11. The summed E-state index contributed by atoms with van der Waals surface area (Å²) in [4.78, 5) is 23.9. The van der Waals surface area contributed by atoms with Crippen LogP contribution in [0.15, 0.2) is 51.1 Å². The standard InChI is InChI=1S/C17H20N4O3/c1-11(22)15(16(23)18-12-8-6-5-7-9-12)20-19-14-10-13(24-21-14)17(2,3)4/h5-10,15H,1-4H3,(H,18,23). The second-order valence-electron chi connectivity index (χ2n) is 6.38. The Hall–Kier alpha value is -2.83. The number of nitrogens with zero attached hydrogens (tertiary/aromatic N) is 3. The zero-order valence-electron chi connectivity index (χ0n) is 14.1. The summed E-state index contributed by atoms with van der Waals surface area (Å²) < 4.78 is 5.19. The van der Waals surface area contributed by atoms with Gasteiger partial charge in [-0.1, -0.05) is 44.1 Å². The van der Waals surface area contributed by atoms with Crippen LogP contribution in [-0.4, -0.2) is 22.9 Å². The van der Waals surface area contributed by atoms with Crippen LogP contribution in [-0.2, 0) is 15.0 Å². The van der Waals surface area contributed by atoms with Gasteiger partial charge in [0.15, 0.2) is 5.78 Å². The van der Waals surface area contributed by atoms with Crippen LogP contribution in [0.4, 0.5) is 11.5 Å². The summed E-state index contributed by atoms with van der Waals surface area (Å²) in [6, 6.07) is 9.23. The van der Waals surface area contributed by atoms with Crippen LogP contribution in [0.25, 0.3) is 0 Å².